The number of nitrogens with one attached hydrogen (secondary N) is 1. The van der Waals surface area contributed by atoms with E-state index in [4.69, 9.17) is 17.3 Å². The van der Waals surface area contributed by atoms with Gasteiger partial charge in [-0.15, -0.1) is 0 Å². The van der Waals surface area contributed by atoms with Crippen LogP contribution in [-0.2, 0) is 0 Å². The van der Waals surface area contributed by atoms with E-state index in [0.29, 0.717) is 21.8 Å². The van der Waals surface area contributed by atoms with Crippen LogP contribution in [0.4, 0.5) is 14.6 Å². The molecule has 0 saturated heterocycles. The average Bonchev–Trinajstić information content (AvgIpc) is 2.81. The van der Waals surface area contributed by atoms with Crippen LogP contribution in [0, 0.1) is 11.6 Å². The Morgan fingerprint density at radius 2 is 1.81 bits per heavy atom. The Morgan fingerprint density at radius 1 is 1.05 bits per heavy atom. The van der Waals surface area contributed by atoms with Gasteiger partial charge in [-0.3, -0.25) is 5.10 Å². The van der Waals surface area contributed by atoms with Gasteiger partial charge in [-0.05, 0) is 18.2 Å². The third-order valence-corrected chi connectivity index (χ3v) is 3.47. The monoisotopic (exact) mass is 305 g/mol. The molecule has 3 nitrogen and oxygen atoms in total. The summed E-state index contributed by atoms with van der Waals surface area (Å²) >= 11 is 6.15. The normalized spacial score (nSPS) is 10.8. The molecule has 3 aromatic rings. The fourth-order valence-electron chi connectivity index (χ4n) is 2.18. The first-order valence-corrected chi connectivity index (χ1v) is 6.50. The van der Waals surface area contributed by atoms with E-state index in [1.54, 1.807) is 24.3 Å². The van der Waals surface area contributed by atoms with Gasteiger partial charge in [-0.2, -0.15) is 5.10 Å². The van der Waals surface area contributed by atoms with Gasteiger partial charge in [0.1, 0.15) is 11.6 Å². The van der Waals surface area contributed by atoms with Gasteiger partial charge in [-0.1, -0.05) is 29.8 Å². The fourth-order valence-corrected chi connectivity index (χ4v) is 2.41. The Morgan fingerprint density at radius 3 is 2.52 bits per heavy atom. The van der Waals surface area contributed by atoms with Crippen LogP contribution in [0.25, 0.3) is 22.4 Å². The fraction of sp³-hybridized carbons (Fsp3) is 0. The maximum atomic E-state index is 14.0. The predicted molar refractivity (Wildman–Crippen MR) is 78.8 cm³/mol. The molecule has 0 saturated carbocycles. The van der Waals surface area contributed by atoms with Crippen LogP contribution in [0.1, 0.15) is 0 Å². The number of nitrogen functional groups attached to an aromatic ring is 1. The first-order valence-electron chi connectivity index (χ1n) is 6.12. The van der Waals surface area contributed by atoms with Gasteiger partial charge in [-0.25, -0.2) is 8.78 Å². The molecule has 106 valence electrons. The molecule has 0 unspecified atom stereocenters. The van der Waals surface area contributed by atoms with Crippen LogP contribution < -0.4 is 5.73 Å². The molecular formula is C15H10ClF2N3. The highest BCUT2D eigenvalue weighted by atomic mass is 35.5. The summed E-state index contributed by atoms with van der Waals surface area (Å²) in [6.07, 6.45) is 0. The topological polar surface area (TPSA) is 54.7 Å². The quantitative estimate of drug-likeness (QED) is 0.743. The summed E-state index contributed by atoms with van der Waals surface area (Å²) in [6.45, 7) is 0. The van der Waals surface area contributed by atoms with Crippen LogP contribution in [0.15, 0.2) is 42.5 Å². The molecule has 3 N–H and O–H groups in total. The maximum absolute atomic E-state index is 14.0. The lowest BCUT2D eigenvalue weighted by Crippen LogP contribution is -1.92. The van der Waals surface area contributed by atoms with E-state index < -0.39 is 11.6 Å². The molecule has 1 aromatic heterocycles. The van der Waals surface area contributed by atoms with Crippen molar-refractivity contribution in [2.75, 3.05) is 5.73 Å². The van der Waals surface area contributed by atoms with Crippen molar-refractivity contribution in [3.63, 3.8) is 0 Å². The Hall–Kier alpha value is -2.40. The number of nitrogens with zero attached hydrogens (tertiary/aromatic N) is 1. The highest BCUT2D eigenvalue weighted by molar-refractivity contribution is 6.33. The molecule has 0 radical (unpaired) electrons. The lowest BCUT2D eigenvalue weighted by atomic mass is 10.0. The molecular weight excluding hydrogens is 296 g/mol. The highest BCUT2D eigenvalue weighted by Gasteiger charge is 2.19. The van der Waals surface area contributed by atoms with E-state index in [2.05, 4.69) is 10.2 Å². The zero-order valence-electron chi connectivity index (χ0n) is 10.7. The number of nitrogens with two attached hydrogens (primary N) is 1. The summed E-state index contributed by atoms with van der Waals surface area (Å²) in [5, 5.41) is 7.14. The minimum Gasteiger partial charge on any atom is -0.382 e. The minimum atomic E-state index is -0.712. The minimum absolute atomic E-state index is 0.121. The molecule has 0 amide bonds. The first-order chi connectivity index (χ1) is 10.1. The maximum Gasteiger partial charge on any atom is 0.153 e. The summed E-state index contributed by atoms with van der Waals surface area (Å²) in [5.74, 6) is -1.25. The Bertz CT molecular complexity index is 814. The lowest BCUT2D eigenvalue weighted by Gasteiger charge is -2.07. The highest BCUT2D eigenvalue weighted by Crippen LogP contribution is 2.38. The third kappa shape index (κ3) is 2.36. The van der Waals surface area contributed by atoms with Gasteiger partial charge < -0.3 is 5.73 Å². The molecule has 0 aliphatic heterocycles. The van der Waals surface area contributed by atoms with E-state index in [1.807, 2.05) is 0 Å². The molecule has 21 heavy (non-hydrogen) atoms. The van der Waals surface area contributed by atoms with Crippen molar-refractivity contribution >= 4 is 17.4 Å². The van der Waals surface area contributed by atoms with Crippen LogP contribution >= 0.6 is 11.6 Å². The van der Waals surface area contributed by atoms with Crippen molar-refractivity contribution in [1.29, 1.82) is 0 Å². The van der Waals surface area contributed by atoms with Gasteiger partial charge in [0.25, 0.3) is 0 Å². The van der Waals surface area contributed by atoms with Crippen molar-refractivity contribution in [3.05, 3.63) is 59.1 Å². The molecule has 0 fully saturated rings. The number of anilines is 1. The second kappa shape index (κ2) is 5.18. The van der Waals surface area contributed by atoms with Gasteiger partial charge in [0.15, 0.2) is 5.82 Å². The summed E-state index contributed by atoms with van der Waals surface area (Å²) in [4.78, 5) is 0. The lowest BCUT2D eigenvalue weighted by molar-refractivity contribution is 0.585. The van der Waals surface area contributed by atoms with Crippen LogP contribution in [0.5, 0.6) is 0 Å². The molecule has 1 heterocycles. The number of hydrogen-bond acceptors (Lipinski definition) is 2. The standard InChI is InChI=1S/C15H10ClF2N3/c16-11-4-2-1-3-9(11)14-13(15(19)21-20-14)10-6-5-8(17)7-12(10)18/h1-7H,(H3,19,20,21). The van der Waals surface area contributed by atoms with E-state index in [9.17, 15) is 8.78 Å². The van der Waals surface area contributed by atoms with E-state index in [-0.39, 0.29) is 11.4 Å². The molecule has 3 rings (SSSR count). The van der Waals surface area contributed by atoms with Crippen molar-refractivity contribution in [3.8, 4) is 22.4 Å². The number of aromatic nitrogens is 2. The smallest absolute Gasteiger partial charge is 0.153 e. The number of hydrogen-bond donors (Lipinski definition) is 2. The van der Waals surface area contributed by atoms with Crippen LogP contribution in [-0.4, -0.2) is 10.2 Å². The van der Waals surface area contributed by atoms with E-state index in [0.717, 1.165) is 6.07 Å². The van der Waals surface area contributed by atoms with Gasteiger partial charge in [0.05, 0.1) is 11.3 Å². The number of halogens is 3. The van der Waals surface area contributed by atoms with E-state index in [1.165, 1.54) is 12.1 Å². The predicted octanol–water partition coefficient (Wildman–Crippen LogP) is 4.26. The third-order valence-electron chi connectivity index (χ3n) is 3.14. The summed E-state index contributed by atoms with van der Waals surface area (Å²) < 4.78 is 27.1. The number of H-pyrrole nitrogens is 1. The molecule has 0 aliphatic carbocycles. The van der Waals surface area contributed by atoms with Crippen molar-refractivity contribution in [2.24, 2.45) is 0 Å². The van der Waals surface area contributed by atoms with Crippen LogP contribution in [0.2, 0.25) is 5.02 Å². The second-order valence-electron chi connectivity index (χ2n) is 4.46. The largest absolute Gasteiger partial charge is 0.382 e. The van der Waals surface area contributed by atoms with Crippen molar-refractivity contribution in [1.82, 2.24) is 10.2 Å². The van der Waals surface area contributed by atoms with Crippen LogP contribution in [0.3, 0.4) is 0 Å². The molecule has 0 bridgehead atoms. The Labute approximate surface area is 124 Å². The van der Waals surface area contributed by atoms with Crippen molar-refractivity contribution in [2.45, 2.75) is 0 Å². The average molecular weight is 306 g/mol. The molecule has 2 aromatic carbocycles. The van der Waals surface area contributed by atoms with Gasteiger partial charge in [0, 0.05) is 22.2 Å². The first kappa shape index (κ1) is 13.6. The van der Waals surface area contributed by atoms with Crippen molar-refractivity contribution < 1.29 is 8.78 Å². The number of rotatable bonds is 2. The molecule has 0 aliphatic rings. The van der Waals surface area contributed by atoms with Gasteiger partial charge >= 0.3 is 0 Å². The zero-order chi connectivity index (χ0) is 15.0. The zero-order valence-corrected chi connectivity index (χ0v) is 11.5. The second-order valence-corrected chi connectivity index (χ2v) is 4.87. The summed E-state index contributed by atoms with van der Waals surface area (Å²) in [5.41, 5.74) is 7.48. The van der Waals surface area contributed by atoms with Gasteiger partial charge in [0.2, 0.25) is 0 Å². The summed E-state index contributed by atoms with van der Waals surface area (Å²) in [7, 11) is 0. The number of aromatic amines is 1. The molecule has 0 atom stereocenters. The molecule has 0 spiro atoms. The Balaban J connectivity index is 2.25. The number of benzene rings is 2. The summed E-state index contributed by atoms with van der Waals surface area (Å²) in [6, 6.07) is 10.3. The van der Waals surface area contributed by atoms with E-state index >= 15 is 0 Å². The Kier molecular flexibility index (Phi) is 3.35. The SMILES string of the molecule is Nc1n[nH]c(-c2ccccc2Cl)c1-c1ccc(F)cc1F. The molecule has 6 heteroatoms.